The summed E-state index contributed by atoms with van der Waals surface area (Å²) in [4.78, 5) is 33.0. The lowest BCUT2D eigenvalue weighted by Crippen LogP contribution is -2.75. The molecule has 11 heteroatoms. The SMILES string of the molecule is C=CC(=O)N1CCN(C2NC(OCC3CCCN3C)NC3C(=O)[C@@]4(CCC32)Cc2cccc(F)c2O4)CC1CC#N. The first-order valence-electron chi connectivity index (χ1n) is 14.7. The predicted octanol–water partition coefficient (Wildman–Crippen LogP) is 1.37. The van der Waals surface area contributed by atoms with Crippen molar-refractivity contribution in [1.82, 2.24) is 25.3 Å². The zero-order valence-corrected chi connectivity index (χ0v) is 23.6. The largest absolute Gasteiger partial charge is 0.476 e. The summed E-state index contributed by atoms with van der Waals surface area (Å²) in [5, 5.41) is 16.6. The summed E-state index contributed by atoms with van der Waals surface area (Å²) >= 11 is 0. The number of likely N-dealkylation sites (N-methyl/N-ethyl adjacent to an activating group) is 1. The maximum absolute atomic E-state index is 14.6. The number of benzene rings is 1. The third-order valence-electron chi connectivity index (χ3n) is 9.74. The lowest BCUT2D eigenvalue weighted by Gasteiger charge is -2.53. The summed E-state index contributed by atoms with van der Waals surface area (Å²) in [7, 11) is 2.10. The normalized spacial score (nSPS) is 35.5. The van der Waals surface area contributed by atoms with Crippen LogP contribution in [0.5, 0.6) is 5.75 Å². The first-order chi connectivity index (χ1) is 19.8. The van der Waals surface area contributed by atoms with E-state index in [9.17, 15) is 19.2 Å². The number of halogens is 1. The van der Waals surface area contributed by atoms with Gasteiger partial charge in [-0.25, -0.2) is 4.39 Å². The van der Waals surface area contributed by atoms with E-state index in [4.69, 9.17) is 9.47 Å². The van der Waals surface area contributed by atoms with Crippen LogP contribution in [0, 0.1) is 23.1 Å². The molecule has 0 bridgehead atoms. The lowest BCUT2D eigenvalue weighted by molar-refractivity contribution is -0.157. The molecule has 4 aliphatic heterocycles. The third kappa shape index (κ3) is 5.17. The van der Waals surface area contributed by atoms with Crippen molar-refractivity contribution in [2.45, 2.75) is 74.8 Å². The predicted molar refractivity (Wildman–Crippen MR) is 148 cm³/mol. The van der Waals surface area contributed by atoms with E-state index in [1.807, 2.05) is 6.07 Å². The lowest BCUT2D eigenvalue weighted by atomic mass is 9.70. The van der Waals surface area contributed by atoms with Crippen molar-refractivity contribution in [2.24, 2.45) is 5.92 Å². The van der Waals surface area contributed by atoms with Crippen molar-refractivity contribution in [2.75, 3.05) is 39.8 Å². The van der Waals surface area contributed by atoms with E-state index in [0.717, 1.165) is 24.9 Å². The second-order valence-electron chi connectivity index (χ2n) is 12.1. The number of hydrogen-bond acceptors (Lipinski definition) is 9. The van der Waals surface area contributed by atoms with Crippen LogP contribution < -0.4 is 15.4 Å². The van der Waals surface area contributed by atoms with Crippen LogP contribution in [0.3, 0.4) is 0 Å². The smallest absolute Gasteiger partial charge is 0.246 e. The fraction of sp³-hybridized carbons (Fsp3) is 0.633. The van der Waals surface area contributed by atoms with E-state index < -0.39 is 23.8 Å². The van der Waals surface area contributed by atoms with Gasteiger partial charge in [-0.1, -0.05) is 18.7 Å². The standard InChI is InChI=1S/C30H39FN6O4/c1-3-24(38)37-15-14-36(17-20(37)10-12-32)28-22-9-11-30(16-19-6-4-8-23(31)26(19)41-30)27(39)25(22)33-29(34-28)40-18-21-7-5-13-35(21)2/h3-4,6,8,20-22,25,28-29,33-34H,1,5,7,9-11,13-18H2,2H3/t20?,21?,22?,25?,28?,29?,30-/m1/s1. The Bertz CT molecular complexity index is 1240. The molecule has 4 heterocycles. The van der Waals surface area contributed by atoms with Crippen LogP contribution in [0.4, 0.5) is 4.39 Å². The van der Waals surface area contributed by atoms with Crippen molar-refractivity contribution < 1.29 is 23.5 Å². The number of carbonyl (C=O) groups excluding carboxylic acids is 2. The summed E-state index contributed by atoms with van der Waals surface area (Å²) < 4.78 is 27.1. The maximum Gasteiger partial charge on any atom is 0.246 e. The van der Waals surface area contributed by atoms with E-state index in [-0.39, 0.29) is 42.0 Å². The van der Waals surface area contributed by atoms with Gasteiger partial charge < -0.3 is 19.3 Å². The number of ether oxygens (including phenoxy) is 2. The molecule has 1 amide bonds. The van der Waals surface area contributed by atoms with Crippen LogP contribution in [0.15, 0.2) is 30.9 Å². The minimum atomic E-state index is -1.10. The van der Waals surface area contributed by atoms with Crippen LogP contribution in [-0.2, 0) is 20.7 Å². The van der Waals surface area contributed by atoms with Crippen molar-refractivity contribution in [3.63, 3.8) is 0 Å². The van der Waals surface area contributed by atoms with Gasteiger partial charge in [0.05, 0.1) is 37.3 Å². The first kappa shape index (κ1) is 28.2. The molecular formula is C30H39FN6O4. The minimum Gasteiger partial charge on any atom is -0.476 e. The Labute approximate surface area is 240 Å². The van der Waals surface area contributed by atoms with Crippen molar-refractivity contribution in [3.8, 4) is 11.8 Å². The zero-order chi connectivity index (χ0) is 28.7. The highest BCUT2D eigenvalue weighted by Crippen LogP contribution is 2.45. The molecule has 0 radical (unpaired) electrons. The number of amides is 1. The van der Waals surface area contributed by atoms with Crippen LogP contribution >= 0.6 is 0 Å². The highest BCUT2D eigenvalue weighted by Gasteiger charge is 2.58. The summed E-state index contributed by atoms with van der Waals surface area (Å²) in [6.45, 7) is 6.74. The molecule has 1 aromatic carbocycles. The molecule has 6 unspecified atom stereocenters. The van der Waals surface area contributed by atoms with E-state index >= 15 is 0 Å². The van der Waals surface area contributed by atoms with Gasteiger partial charge in [-0.15, -0.1) is 0 Å². The third-order valence-corrected chi connectivity index (χ3v) is 9.74. The Morgan fingerprint density at radius 2 is 2.15 bits per heavy atom. The van der Waals surface area contributed by atoms with Crippen molar-refractivity contribution in [1.29, 1.82) is 5.26 Å². The van der Waals surface area contributed by atoms with Gasteiger partial charge in [0.15, 0.2) is 29.3 Å². The maximum atomic E-state index is 14.6. The highest BCUT2D eigenvalue weighted by molar-refractivity contribution is 5.95. The van der Waals surface area contributed by atoms with Crippen LogP contribution in [-0.4, -0.2) is 102 Å². The molecule has 2 N–H and O–H groups in total. The molecule has 5 aliphatic rings. The molecule has 41 heavy (non-hydrogen) atoms. The van der Waals surface area contributed by atoms with Gasteiger partial charge in [-0.05, 0) is 51.4 Å². The average molecular weight is 567 g/mol. The molecule has 10 nitrogen and oxygen atoms in total. The van der Waals surface area contributed by atoms with Crippen LogP contribution in [0.1, 0.15) is 37.7 Å². The molecule has 1 saturated carbocycles. The van der Waals surface area contributed by atoms with Crippen molar-refractivity contribution in [3.05, 3.63) is 42.2 Å². The molecule has 1 aromatic rings. The monoisotopic (exact) mass is 566 g/mol. The van der Waals surface area contributed by atoms with Gasteiger partial charge in [-0.3, -0.25) is 25.1 Å². The Kier molecular flexibility index (Phi) is 7.87. The Morgan fingerprint density at radius 3 is 2.88 bits per heavy atom. The quantitative estimate of drug-likeness (QED) is 0.494. The zero-order valence-electron chi connectivity index (χ0n) is 23.6. The van der Waals surface area contributed by atoms with Gasteiger partial charge in [0.2, 0.25) is 5.91 Å². The molecule has 7 atom stereocenters. The second-order valence-corrected chi connectivity index (χ2v) is 12.1. The molecule has 6 rings (SSSR count). The van der Waals surface area contributed by atoms with E-state index in [1.54, 1.807) is 11.0 Å². The number of para-hydroxylation sites is 1. The number of fused-ring (bicyclic) bond motifs is 2. The fourth-order valence-corrected chi connectivity index (χ4v) is 7.51. The molecular weight excluding hydrogens is 527 g/mol. The Morgan fingerprint density at radius 1 is 1.29 bits per heavy atom. The number of likely N-dealkylation sites (tertiary alicyclic amines) is 1. The summed E-state index contributed by atoms with van der Waals surface area (Å²) in [5.41, 5.74) is -0.378. The van der Waals surface area contributed by atoms with Crippen LogP contribution in [0.2, 0.25) is 0 Å². The topological polar surface area (TPSA) is 110 Å². The number of hydrogen-bond donors (Lipinski definition) is 2. The fourth-order valence-electron chi connectivity index (χ4n) is 7.51. The number of nitrogens with one attached hydrogen (secondary N) is 2. The molecule has 1 aliphatic carbocycles. The average Bonchev–Trinajstić information content (AvgIpc) is 3.57. The van der Waals surface area contributed by atoms with Crippen molar-refractivity contribution >= 4 is 11.7 Å². The summed E-state index contributed by atoms with van der Waals surface area (Å²) in [5.74, 6) is -0.602. The number of ketones is 1. The number of piperazine rings is 1. The van der Waals surface area contributed by atoms with Gasteiger partial charge >= 0.3 is 0 Å². The van der Waals surface area contributed by atoms with E-state index in [2.05, 4.69) is 40.1 Å². The number of nitriles is 1. The molecule has 4 fully saturated rings. The summed E-state index contributed by atoms with van der Waals surface area (Å²) in [6.07, 6.45) is 4.44. The number of Topliss-reactive ketones (excluding diaryl/α,β-unsaturated/α-hetero) is 1. The van der Waals surface area contributed by atoms with E-state index in [1.165, 1.54) is 12.1 Å². The summed E-state index contributed by atoms with van der Waals surface area (Å²) in [6, 6.07) is 6.56. The number of rotatable bonds is 6. The number of carbonyl (C=O) groups is 2. The molecule has 0 aromatic heterocycles. The molecule has 220 valence electrons. The molecule has 3 saturated heterocycles. The van der Waals surface area contributed by atoms with E-state index in [0.29, 0.717) is 51.5 Å². The first-order valence-corrected chi connectivity index (χ1v) is 14.7. The second kappa shape index (κ2) is 11.4. The van der Waals surface area contributed by atoms with Gasteiger partial charge in [-0.2, -0.15) is 5.26 Å². The molecule has 1 spiro atoms. The Hall–Kier alpha value is -2.88. The highest BCUT2D eigenvalue weighted by atomic mass is 19.1. The number of nitrogens with zero attached hydrogens (tertiary/aromatic N) is 4. The minimum absolute atomic E-state index is 0.0727. The van der Waals surface area contributed by atoms with Gasteiger partial charge in [0, 0.05) is 43.6 Å². The van der Waals surface area contributed by atoms with Gasteiger partial charge in [0.1, 0.15) is 0 Å². The van der Waals surface area contributed by atoms with Crippen LogP contribution in [0.25, 0.3) is 0 Å². The van der Waals surface area contributed by atoms with Gasteiger partial charge in [0.25, 0.3) is 0 Å². The Balaban J connectivity index is 1.24.